The zero-order chi connectivity index (χ0) is 22.8. The maximum atomic E-state index is 10.5. The van der Waals surface area contributed by atoms with Gasteiger partial charge in [-0.1, -0.05) is 24.3 Å². The molecule has 2 aromatic rings. The van der Waals surface area contributed by atoms with Gasteiger partial charge in [-0.15, -0.1) is 0 Å². The van der Waals surface area contributed by atoms with Crippen molar-refractivity contribution in [3.05, 3.63) is 58.7 Å². The first-order valence-electron chi connectivity index (χ1n) is 10.6. The van der Waals surface area contributed by atoms with Crippen molar-refractivity contribution in [2.24, 2.45) is 0 Å². The average Bonchev–Trinajstić information content (AvgIpc) is 2.83. The molecule has 0 spiro atoms. The lowest BCUT2D eigenvalue weighted by molar-refractivity contribution is -0.373. The number of hydrogen-bond acceptors (Lipinski definition) is 8. The Morgan fingerprint density at radius 3 is 2.31 bits per heavy atom. The fourth-order valence-electron chi connectivity index (χ4n) is 4.02. The van der Waals surface area contributed by atoms with Gasteiger partial charge < -0.3 is 38.6 Å². The van der Waals surface area contributed by atoms with Crippen LogP contribution in [-0.2, 0) is 18.9 Å². The summed E-state index contributed by atoms with van der Waals surface area (Å²) in [6.07, 6.45) is -4.45. The molecule has 2 aliphatic rings. The number of aryl methyl sites for hydroxylation is 2. The fraction of sp³-hybridized carbons (Fsp3) is 0.500. The minimum Gasteiger partial charge on any atom is -0.493 e. The van der Waals surface area contributed by atoms with Crippen LogP contribution in [0.3, 0.4) is 0 Å². The third-order valence-electron chi connectivity index (χ3n) is 6.01. The summed E-state index contributed by atoms with van der Waals surface area (Å²) in [7, 11) is 3.13. The maximum Gasteiger partial charge on any atom is 0.184 e. The number of aliphatic hydroxyl groups is 2. The van der Waals surface area contributed by atoms with Crippen LogP contribution >= 0.6 is 0 Å². The van der Waals surface area contributed by atoms with Gasteiger partial charge >= 0.3 is 0 Å². The first kappa shape index (κ1) is 23.0. The van der Waals surface area contributed by atoms with Crippen molar-refractivity contribution >= 4 is 0 Å². The molecule has 6 unspecified atom stereocenters. The molecule has 174 valence electrons. The first-order chi connectivity index (χ1) is 15.4. The molecule has 4 rings (SSSR count). The largest absolute Gasteiger partial charge is 0.493 e. The topological polar surface area (TPSA) is 95.8 Å². The summed E-state index contributed by atoms with van der Waals surface area (Å²) in [5.74, 6) is 1.15. The third-order valence-corrected chi connectivity index (χ3v) is 6.01. The van der Waals surface area contributed by atoms with Crippen LogP contribution in [0.5, 0.6) is 11.5 Å². The number of methoxy groups -OCH3 is 2. The van der Waals surface area contributed by atoms with E-state index in [1.165, 1.54) is 0 Å². The van der Waals surface area contributed by atoms with Crippen molar-refractivity contribution in [3.63, 3.8) is 0 Å². The molecular weight excluding hydrogens is 416 g/mol. The van der Waals surface area contributed by atoms with Crippen LogP contribution in [0.15, 0.2) is 36.4 Å². The highest BCUT2D eigenvalue weighted by atomic mass is 16.8. The Balaban J connectivity index is 1.57. The predicted octanol–water partition coefficient (Wildman–Crippen LogP) is 2.57. The molecule has 32 heavy (non-hydrogen) atoms. The molecule has 8 nitrogen and oxygen atoms in total. The number of rotatable bonds is 6. The lowest BCUT2D eigenvalue weighted by Gasteiger charge is -2.47. The molecule has 2 saturated heterocycles. The van der Waals surface area contributed by atoms with E-state index in [0.29, 0.717) is 11.5 Å². The monoisotopic (exact) mass is 446 g/mol. The van der Waals surface area contributed by atoms with E-state index in [-0.39, 0.29) is 6.61 Å². The number of benzene rings is 2. The fourth-order valence-corrected chi connectivity index (χ4v) is 4.02. The van der Waals surface area contributed by atoms with Crippen LogP contribution in [0.1, 0.15) is 34.8 Å². The highest BCUT2D eigenvalue weighted by Gasteiger charge is 2.48. The van der Waals surface area contributed by atoms with Gasteiger partial charge in [0, 0.05) is 11.1 Å². The third kappa shape index (κ3) is 4.47. The molecule has 0 bridgehead atoms. The zero-order valence-corrected chi connectivity index (χ0v) is 18.7. The summed E-state index contributed by atoms with van der Waals surface area (Å²) in [6.45, 7) is 3.83. The standard InChI is InChI=1S/C24H30O8/c1-13-5-6-15(9-14(13)2)24-30-20-12-29-23(32-22(20)21(31-24)17(26)11-25)16-7-8-18(27-3)19(10-16)28-4/h5-10,17,20-26H,11-12H2,1-4H3. The van der Waals surface area contributed by atoms with Crippen molar-refractivity contribution in [2.75, 3.05) is 27.4 Å². The SMILES string of the molecule is COc1ccc(C2OCC3OC(c4ccc(C)c(C)c4)OC(C(O)CO)C3O2)cc1OC. The molecule has 6 atom stereocenters. The van der Waals surface area contributed by atoms with Crippen LogP contribution in [0.25, 0.3) is 0 Å². The van der Waals surface area contributed by atoms with Crippen LogP contribution < -0.4 is 9.47 Å². The average molecular weight is 446 g/mol. The Bertz CT molecular complexity index is 932. The molecule has 2 aromatic carbocycles. The predicted molar refractivity (Wildman–Crippen MR) is 115 cm³/mol. The molecule has 8 heteroatoms. The number of hydrogen-bond donors (Lipinski definition) is 2. The van der Waals surface area contributed by atoms with E-state index in [0.717, 1.165) is 22.3 Å². The normalized spacial score (nSPS) is 28.6. The van der Waals surface area contributed by atoms with E-state index < -0.39 is 43.6 Å². The molecule has 2 heterocycles. The van der Waals surface area contributed by atoms with Gasteiger partial charge in [-0.2, -0.15) is 0 Å². The minimum absolute atomic E-state index is 0.239. The Kier molecular flexibility index (Phi) is 6.99. The summed E-state index contributed by atoms with van der Waals surface area (Å²) < 4.78 is 35.0. The summed E-state index contributed by atoms with van der Waals surface area (Å²) in [5, 5.41) is 20.1. The van der Waals surface area contributed by atoms with Crippen molar-refractivity contribution in [3.8, 4) is 11.5 Å². The summed E-state index contributed by atoms with van der Waals surface area (Å²) in [5.41, 5.74) is 3.84. The Morgan fingerprint density at radius 1 is 0.906 bits per heavy atom. The highest BCUT2D eigenvalue weighted by Crippen LogP contribution is 2.40. The van der Waals surface area contributed by atoms with Gasteiger partial charge in [0.15, 0.2) is 24.1 Å². The molecule has 0 radical (unpaired) electrons. The van der Waals surface area contributed by atoms with E-state index in [1.807, 2.05) is 38.1 Å². The van der Waals surface area contributed by atoms with Crippen molar-refractivity contribution in [1.82, 2.24) is 0 Å². The van der Waals surface area contributed by atoms with E-state index in [9.17, 15) is 10.2 Å². The lowest BCUT2D eigenvalue weighted by Crippen LogP contribution is -2.58. The van der Waals surface area contributed by atoms with E-state index in [2.05, 4.69) is 0 Å². The number of fused-ring (bicyclic) bond motifs is 1. The van der Waals surface area contributed by atoms with Gasteiger partial charge in [-0.3, -0.25) is 0 Å². The van der Waals surface area contributed by atoms with Gasteiger partial charge in [0.2, 0.25) is 0 Å². The molecule has 2 aliphatic heterocycles. The first-order valence-corrected chi connectivity index (χ1v) is 10.6. The molecule has 0 aromatic heterocycles. The molecule has 0 aliphatic carbocycles. The highest BCUT2D eigenvalue weighted by molar-refractivity contribution is 5.43. The van der Waals surface area contributed by atoms with E-state index in [1.54, 1.807) is 26.4 Å². The second-order valence-electron chi connectivity index (χ2n) is 8.08. The molecule has 2 N–H and O–H groups in total. The van der Waals surface area contributed by atoms with Crippen LogP contribution in [0.4, 0.5) is 0 Å². The number of ether oxygens (including phenoxy) is 6. The summed E-state index contributed by atoms with van der Waals surface area (Å²) >= 11 is 0. The van der Waals surface area contributed by atoms with Crippen molar-refractivity contribution in [1.29, 1.82) is 0 Å². The molecule has 0 saturated carbocycles. The molecular formula is C24H30O8. The Hall–Kier alpha value is -2.20. The van der Waals surface area contributed by atoms with Gasteiger partial charge in [0.1, 0.15) is 24.4 Å². The second kappa shape index (κ2) is 9.74. The zero-order valence-electron chi connectivity index (χ0n) is 18.7. The smallest absolute Gasteiger partial charge is 0.184 e. The van der Waals surface area contributed by atoms with E-state index in [4.69, 9.17) is 28.4 Å². The Morgan fingerprint density at radius 2 is 1.62 bits per heavy atom. The number of aliphatic hydroxyl groups excluding tert-OH is 2. The Labute approximate surface area is 187 Å². The van der Waals surface area contributed by atoms with Crippen molar-refractivity contribution in [2.45, 2.75) is 50.8 Å². The van der Waals surface area contributed by atoms with E-state index >= 15 is 0 Å². The molecule has 2 fully saturated rings. The van der Waals surface area contributed by atoms with Gasteiger partial charge in [-0.05, 0) is 37.1 Å². The van der Waals surface area contributed by atoms with Crippen LogP contribution in [-0.4, -0.2) is 62.1 Å². The maximum absolute atomic E-state index is 10.5. The van der Waals surface area contributed by atoms with Gasteiger partial charge in [0.25, 0.3) is 0 Å². The summed E-state index contributed by atoms with van der Waals surface area (Å²) in [6, 6.07) is 11.3. The second-order valence-corrected chi connectivity index (χ2v) is 8.08. The summed E-state index contributed by atoms with van der Waals surface area (Å²) in [4.78, 5) is 0. The van der Waals surface area contributed by atoms with Crippen LogP contribution in [0, 0.1) is 13.8 Å². The molecule has 0 amide bonds. The minimum atomic E-state index is -1.13. The lowest BCUT2D eigenvalue weighted by atomic mass is 9.99. The van der Waals surface area contributed by atoms with Crippen LogP contribution in [0.2, 0.25) is 0 Å². The quantitative estimate of drug-likeness (QED) is 0.699. The van der Waals surface area contributed by atoms with Crippen molar-refractivity contribution < 1.29 is 38.6 Å². The van der Waals surface area contributed by atoms with Gasteiger partial charge in [0.05, 0.1) is 27.4 Å². The van der Waals surface area contributed by atoms with Gasteiger partial charge in [-0.25, -0.2) is 0 Å².